The fourth-order valence-corrected chi connectivity index (χ4v) is 2.37. The van der Waals surface area contributed by atoms with E-state index in [9.17, 15) is 9.90 Å². The number of carbonyl (C=O) groups is 1. The van der Waals surface area contributed by atoms with Crippen LogP contribution in [0.15, 0.2) is 42.5 Å². The molecule has 0 aliphatic rings. The first-order chi connectivity index (χ1) is 10.5. The molecular formula is C17H18ClNO3. The van der Waals surface area contributed by atoms with Crippen molar-refractivity contribution in [3.63, 3.8) is 0 Å². The number of carbonyl (C=O) groups excluding carboxylic acids is 1. The largest absolute Gasteiger partial charge is 0.508 e. The number of amides is 1. The number of ether oxygens (including phenoxy) is 1. The zero-order valence-electron chi connectivity index (χ0n) is 12.5. The van der Waals surface area contributed by atoms with E-state index in [-0.39, 0.29) is 17.7 Å². The third-order valence-corrected chi connectivity index (χ3v) is 3.50. The van der Waals surface area contributed by atoms with Crippen molar-refractivity contribution in [2.45, 2.75) is 19.4 Å². The summed E-state index contributed by atoms with van der Waals surface area (Å²) in [6.07, 6.45) is 0.662. The first-order valence-corrected chi connectivity index (χ1v) is 7.29. The summed E-state index contributed by atoms with van der Waals surface area (Å²) in [6.45, 7) is 1.92. The fourth-order valence-electron chi connectivity index (χ4n) is 2.20. The minimum Gasteiger partial charge on any atom is -0.508 e. The van der Waals surface area contributed by atoms with Crippen LogP contribution in [-0.4, -0.2) is 24.2 Å². The van der Waals surface area contributed by atoms with Crippen molar-refractivity contribution < 1.29 is 14.6 Å². The molecule has 1 amide bonds. The molecule has 0 aliphatic carbocycles. The number of phenolic OH excluding ortho intramolecular Hbond substituents is 1. The average Bonchev–Trinajstić information content (AvgIpc) is 2.49. The summed E-state index contributed by atoms with van der Waals surface area (Å²) < 4.78 is 5.19. The van der Waals surface area contributed by atoms with Crippen molar-refractivity contribution in [2.24, 2.45) is 0 Å². The lowest BCUT2D eigenvalue weighted by Crippen LogP contribution is -2.34. The van der Waals surface area contributed by atoms with E-state index >= 15 is 0 Å². The maximum Gasteiger partial charge on any atom is 0.255 e. The number of aromatic hydroxyl groups is 1. The van der Waals surface area contributed by atoms with Crippen molar-refractivity contribution in [3.05, 3.63) is 58.6 Å². The Balaban J connectivity index is 2.05. The lowest BCUT2D eigenvalue weighted by Gasteiger charge is -2.15. The lowest BCUT2D eigenvalue weighted by atomic mass is 10.1. The Kier molecular flexibility index (Phi) is 5.28. The molecule has 2 aromatic carbocycles. The molecule has 0 bridgehead atoms. The summed E-state index contributed by atoms with van der Waals surface area (Å²) in [6, 6.07) is 11.8. The fraction of sp³-hybridized carbons (Fsp3) is 0.235. The Morgan fingerprint density at radius 1 is 1.27 bits per heavy atom. The molecule has 1 unspecified atom stereocenters. The van der Waals surface area contributed by atoms with Crippen LogP contribution in [0.4, 0.5) is 0 Å². The Bertz CT molecular complexity index is 655. The van der Waals surface area contributed by atoms with Gasteiger partial charge in [0.15, 0.2) is 0 Å². The van der Waals surface area contributed by atoms with Crippen molar-refractivity contribution in [3.8, 4) is 11.5 Å². The number of rotatable bonds is 5. The van der Waals surface area contributed by atoms with Crippen LogP contribution in [0.3, 0.4) is 0 Å². The van der Waals surface area contributed by atoms with Gasteiger partial charge in [0.1, 0.15) is 11.5 Å². The molecule has 116 valence electrons. The van der Waals surface area contributed by atoms with Gasteiger partial charge in [0.2, 0.25) is 0 Å². The number of nitrogens with one attached hydrogen (secondary N) is 1. The van der Waals surface area contributed by atoms with E-state index in [4.69, 9.17) is 16.3 Å². The Labute approximate surface area is 134 Å². The van der Waals surface area contributed by atoms with Gasteiger partial charge in [0.05, 0.1) is 12.7 Å². The number of hydrogen-bond donors (Lipinski definition) is 2. The molecule has 22 heavy (non-hydrogen) atoms. The Morgan fingerprint density at radius 2 is 1.95 bits per heavy atom. The third kappa shape index (κ3) is 4.15. The highest BCUT2D eigenvalue weighted by Gasteiger charge is 2.15. The zero-order valence-corrected chi connectivity index (χ0v) is 13.2. The van der Waals surface area contributed by atoms with E-state index < -0.39 is 0 Å². The minimum atomic E-state index is -0.231. The van der Waals surface area contributed by atoms with E-state index in [1.165, 1.54) is 7.11 Å². The summed E-state index contributed by atoms with van der Waals surface area (Å²) in [4.78, 5) is 12.3. The molecule has 2 rings (SSSR count). The summed E-state index contributed by atoms with van der Waals surface area (Å²) in [5, 5.41) is 12.7. The summed E-state index contributed by atoms with van der Waals surface area (Å²) in [5.41, 5.74) is 1.44. The summed E-state index contributed by atoms with van der Waals surface area (Å²) in [5.74, 6) is 0.480. The van der Waals surface area contributed by atoms with E-state index in [0.717, 1.165) is 5.56 Å². The van der Waals surface area contributed by atoms with E-state index in [1.807, 2.05) is 19.1 Å². The van der Waals surface area contributed by atoms with Gasteiger partial charge in [0, 0.05) is 11.1 Å². The number of halogens is 1. The van der Waals surface area contributed by atoms with Gasteiger partial charge in [0.25, 0.3) is 5.91 Å². The summed E-state index contributed by atoms with van der Waals surface area (Å²) >= 11 is 5.94. The van der Waals surface area contributed by atoms with Crippen LogP contribution in [0.5, 0.6) is 11.5 Å². The summed E-state index contributed by atoms with van der Waals surface area (Å²) in [7, 11) is 1.51. The van der Waals surface area contributed by atoms with Crippen LogP contribution >= 0.6 is 11.6 Å². The van der Waals surface area contributed by atoms with Gasteiger partial charge in [-0.1, -0.05) is 23.7 Å². The first kappa shape index (κ1) is 16.2. The van der Waals surface area contributed by atoms with E-state index in [2.05, 4.69) is 5.32 Å². The smallest absolute Gasteiger partial charge is 0.255 e. The van der Waals surface area contributed by atoms with Gasteiger partial charge in [-0.25, -0.2) is 0 Å². The molecule has 5 heteroatoms. The molecule has 1 atom stereocenters. The highest BCUT2D eigenvalue weighted by molar-refractivity contribution is 6.31. The average molecular weight is 320 g/mol. The molecule has 0 spiro atoms. The molecule has 0 radical (unpaired) electrons. The Morgan fingerprint density at radius 3 is 2.59 bits per heavy atom. The zero-order chi connectivity index (χ0) is 16.1. The van der Waals surface area contributed by atoms with Gasteiger partial charge in [-0.3, -0.25) is 4.79 Å². The molecule has 2 N–H and O–H groups in total. The van der Waals surface area contributed by atoms with Crippen molar-refractivity contribution in [1.29, 1.82) is 0 Å². The lowest BCUT2D eigenvalue weighted by molar-refractivity contribution is 0.0937. The number of hydrogen-bond acceptors (Lipinski definition) is 3. The SMILES string of the molecule is COc1ccc(Cl)cc1C(=O)NC(C)Cc1ccc(O)cc1. The van der Waals surface area contributed by atoms with Crippen molar-refractivity contribution in [2.75, 3.05) is 7.11 Å². The number of benzene rings is 2. The standard InChI is InChI=1S/C17H18ClNO3/c1-11(9-12-3-6-14(20)7-4-12)19-17(21)15-10-13(18)5-8-16(15)22-2/h3-8,10-11,20H,9H2,1-2H3,(H,19,21). The topological polar surface area (TPSA) is 58.6 Å². The maximum absolute atomic E-state index is 12.3. The molecule has 0 fully saturated rings. The second kappa shape index (κ2) is 7.18. The van der Waals surface area contributed by atoms with Crippen molar-refractivity contribution >= 4 is 17.5 Å². The van der Waals surface area contributed by atoms with Gasteiger partial charge in [-0.05, 0) is 49.2 Å². The van der Waals surface area contributed by atoms with E-state index in [1.54, 1.807) is 30.3 Å². The predicted octanol–water partition coefficient (Wildman–Crippen LogP) is 3.42. The quantitative estimate of drug-likeness (QED) is 0.888. The van der Waals surface area contributed by atoms with E-state index in [0.29, 0.717) is 22.8 Å². The number of phenols is 1. The van der Waals surface area contributed by atoms with Gasteiger partial charge in [-0.15, -0.1) is 0 Å². The minimum absolute atomic E-state index is 0.0688. The second-order valence-electron chi connectivity index (χ2n) is 5.09. The molecule has 0 saturated carbocycles. The third-order valence-electron chi connectivity index (χ3n) is 3.26. The second-order valence-corrected chi connectivity index (χ2v) is 5.53. The highest BCUT2D eigenvalue weighted by Crippen LogP contribution is 2.22. The van der Waals surface area contributed by atoms with Crippen LogP contribution in [0.2, 0.25) is 5.02 Å². The van der Waals surface area contributed by atoms with Crippen LogP contribution in [0.1, 0.15) is 22.8 Å². The monoisotopic (exact) mass is 319 g/mol. The van der Waals surface area contributed by atoms with Gasteiger partial charge < -0.3 is 15.2 Å². The van der Waals surface area contributed by atoms with Crippen LogP contribution in [0, 0.1) is 0 Å². The van der Waals surface area contributed by atoms with Crippen LogP contribution < -0.4 is 10.1 Å². The van der Waals surface area contributed by atoms with Gasteiger partial charge in [-0.2, -0.15) is 0 Å². The molecule has 0 saturated heterocycles. The molecular weight excluding hydrogens is 302 g/mol. The molecule has 0 aliphatic heterocycles. The molecule has 0 heterocycles. The molecule has 4 nitrogen and oxygen atoms in total. The molecule has 2 aromatic rings. The van der Waals surface area contributed by atoms with Gasteiger partial charge >= 0.3 is 0 Å². The highest BCUT2D eigenvalue weighted by atomic mass is 35.5. The Hall–Kier alpha value is -2.20. The molecule has 0 aromatic heterocycles. The first-order valence-electron chi connectivity index (χ1n) is 6.92. The number of methoxy groups -OCH3 is 1. The van der Waals surface area contributed by atoms with Crippen LogP contribution in [-0.2, 0) is 6.42 Å². The van der Waals surface area contributed by atoms with Crippen molar-refractivity contribution in [1.82, 2.24) is 5.32 Å². The predicted molar refractivity (Wildman–Crippen MR) is 86.7 cm³/mol. The normalized spacial score (nSPS) is 11.8. The van der Waals surface area contributed by atoms with Crippen LogP contribution in [0.25, 0.3) is 0 Å². The maximum atomic E-state index is 12.3.